The van der Waals surface area contributed by atoms with Gasteiger partial charge in [-0.2, -0.15) is 13.1 Å². The summed E-state index contributed by atoms with van der Waals surface area (Å²) < 4.78 is 35.9. The van der Waals surface area contributed by atoms with Gasteiger partial charge < -0.3 is 5.32 Å². The van der Waals surface area contributed by atoms with Crippen LogP contribution in [-0.2, 0) is 14.8 Å². The minimum Gasteiger partial charge on any atom is -0.323 e. The van der Waals surface area contributed by atoms with Crippen molar-refractivity contribution in [3.63, 3.8) is 0 Å². The molecule has 1 N–H and O–H groups in total. The number of carbonyl (C=O) groups excluding carboxylic acids is 1. The number of carbonyl (C=O) groups is 1. The zero-order valence-electron chi connectivity index (χ0n) is 14.0. The van der Waals surface area contributed by atoms with E-state index in [9.17, 15) is 13.2 Å². The lowest BCUT2D eigenvalue weighted by atomic mass is 10.2. The van der Waals surface area contributed by atoms with Crippen molar-refractivity contribution in [2.24, 2.45) is 0 Å². The number of nitrogens with zero attached hydrogens (tertiary/aromatic N) is 3. The first-order chi connectivity index (χ1) is 13.0. The summed E-state index contributed by atoms with van der Waals surface area (Å²) in [6, 6.07) is 10.9. The summed E-state index contributed by atoms with van der Waals surface area (Å²) in [5.41, 5.74) is 1.32. The summed E-state index contributed by atoms with van der Waals surface area (Å²) in [6.07, 6.45) is 1.05. The van der Waals surface area contributed by atoms with Gasteiger partial charge in [0.1, 0.15) is 22.0 Å². The molecule has 0 radical (unpaired) electrons. The maximum atomic E-state index is 13.2. The summed E-state index contributed by atoms with van der Waals surface area (Å²) in [6.45, 7) is 0.275. The van der Waals surface area contributed by atoms with Crippen molar-refractivity contribution in [1.29, 1.82) is 0 Å². The van der Waals surface area contributed by atoms with E-state index in [0.29, 0.717) is 34.6 Å². The summed E-state index contributed by atoms with van der Waals surface area (Å²) in [4.78, 5) is 12.8. The van der Waals surface area contributed by atoms with E-state index in [4.69, 9.17) is 11.6 Å². The van der Waals surface area contributed by atoms with Gasteiger partial charge in [-0.05, 0) is 37.1 Å². The molecule has 7 nitrogen and oxygen atoms in total. The number of halogens is 1. The molecule has 1 unspecified atom stereocenters. The quantitative estimate of drug-likeness (QED) is 0.697. The molecule has 2 aromatic carbocycles. The van der Waals surface area contributed by atoms with Gasteiger partial charge in [-0.1, -0.05) is 29.8 Å². The first-order valence-electron chi connectivity index (χ1n) is 8.27. The minimum absolute atomic E-state index is 0.0752. The summed E-state index contributed by atoms with van der Waals surface area (Å²) in [5, 5.41) is 3.13. The number of fused-ring (bicyclic) bond motifs is 1. The van der Waals surface area contributed by atoms with Gasteiger partial charge in [0.05, 0.1) is 22.4 Å². The Morgan fingerprint density at radius 3 is 2.81 bits per heavy atom. The molecule has 10 heteroatoms. The molecule has 2 heterocycles. The van der Waals surface area contributed by atoms with Crippen LogP contribution in [0.3, 0.4) is 0 Å². The van der Waals surface area contributed by atoms with Gasteiger partial charge in [0.2, 0.25) is 15.9 Å². The normalized spacial score (nSPS) is 18.0. The van der Waals surface area contributed by atoms with Crippen LogP contribution in [0.2, 0.25) is 5.02 Å². The number of rotatable bonds is 4. The second-order valence-corrected chi connectivity index (χ2v) is 8.93. The highest BCUT2D eigenvalue weighted by Gasteiger charge is 2.40. The average molecular weight is 423 g/mol. The fraction of sp³-hybridized carbons (Fsp3) is 0.235. The van der Waals surface area contributed by atoms with E-state index in [1.807, 2.05) is 0 Å². The van der Waals surface area contributed by atoms with Gasteiger partial charge in [-0.3, -0.25) is 4.79 Å². The van der Waals surface area contributed by atoms with Crippen LogP contribution in [0, 0.1) is 0 Å². The first-order valence-corrected chi connectivity index (χ1v) is 10.8. The zero-order valence-corrected chi connectivity index (χ0v) is 16.4. The summed E-state index contributed by atoms with van der Waals surface area (Å²) in [7, 11) is -3.89. The smallest absolute Gasteiger partial charge is 0.246 e. The molecule has 1 amide bonds. The topological polar surface area (TPSA) is 92.3 Å². The van der Waals surface area contributed by atoms with Crippen LogP contribution in [0.1, 0.15) is 12.8 Å². The van der Waals surface area contributed by atoms with Crippen molar-refractivity contribution in [2.45, 2.75) is 23.8 Å². The minimum atomic E-state index is -3.89. The molecular weight excluding hydrogens is 408 g/mol. The Morgan fingerprint density at radius 1 is 1.19 bits per heavy atom. The van der Waals surface area contributed by atoms with Gasteiger partial charge in [-0.25, -0.2) is 8.42 Å². The third-order valence-corrected chi connectivity index (χ3v) is 7.29. The fourth-order valence-electron chi connectivity index (χ4n) is 3.18. The van der Waals surface area contributed by atoms with Gasteiger partial charge >= 0.3 is 0 Å². The zero-order chi connectivity index (χ0) is 19.0. The molecule has 3 aromatic rings. The van der Waals surface area contributed by atoms with Crippen LogP contribution in [0.15, 0.2) is 47.4 Å². The SMILES string of the molecule is O=C(Nc1ccccc1Cl)C1CCCN1S(=O)(=O)c1cccc2nsnc12. The fourth-order valence-corrected chi connectivity index (χ4v) is 5.78. The summed E-state index contributed by atoms with van der Waals surface area (Å²) >= 11 is 7.05. The highest BCUT2D eigenvalue weighted by molar-refractivity contribution is 7.89. The Hall–Kier alpha value is -2.07. The number of nitrogens with one attached hydrogen (secondary N) is 1. The number of amides is 1. The number of anilines is 1. The molecule has 4 rings (SSSR count). The molecule has 140 valence electrons. The van der Waals surface area contributed by atoms with Crippen molar-refractivity contribution >= 4 is 56.0 Å². The van der Waals surface area contributed by atoms with Crippen LogP contribution in [-0.4, -0.2) is 40.0 Å². The molecule has 1 fully saturated rings. The molecular formula is C17H15ClN4O3S2. The standard InChI is InChI=1S/C17H15ClN4O3S2/c18-11-5-1-2-6-12(11)19-17(23)14-8-4-10-22(14)27(24,25)15-9-3-7-13-16(15)21-26-20-13/h1-3,5-7,9,14H,4,8,10H2,(H,19,23). The van der Waals surface area contributed by atoms with Crippen LogP contribution in [0.5, 0.6) is 0 Å². The number of hydrogen-bond acceptors (Lipinski definition) is 6. The van der Waals surface area contributed by atoms with Crippen LogP contribution >= 0.6 is 23.3 Å². The molecule has 1 aromatic heterocycles. The molecule has 0 spiro atoms. The van der Waals surface area contributed by atoms with E-state index in [0.717, 1.165) is 11.7 Å². The first kappa shape index (κ1) is 18.3. The number of aromatic nitrogens is 2. The molecule has 1 aliphatic rings. The Kier molecular flexibility index (Phi) is 4.85. The van der Waals surface area contributed by atoms with Gasteiger partial charge in [-0.15, -0.1) is 0 Å². The van der Waals surface area contributed by atoms with Crippen LogP contribution in [0.25, 0.3) is 11.0 Å². The van der Waals surface area contributed by atoms with Crippen molar-refractivity contribution in [3.05, 3.63) is 47.5 Å². The largest absolute Gasteiger partial charge is 0.323 e. The highest BCUT2D eigenvalue weighted by atomic mass is 35.5. The number of sulfonamides is 1. The van der Waals surface area contributed by atoms with Crippen LogP contribution in [0.4, 0.5) is 5.69 Å². The molecule has 1 atom stereocenters. The monoisotopic (exact) mass is 422 g/mol. The Morgan fingerprint density at radius 2 is 2.00 bits per heavy atom. The molecule has 1 saturated heterocycles. The molecule has 0 aliphatic carbocycles. The molecule has 1 aliphatic heterocycles. The van der Waals surface area contributed by atoms with Gasteiger partial charge in [0.25, 0.3) is 0 Å². The lowest BCUT2D eigenvalue weighted by Crippen LogP contribution is -2.43. The highest BCUT2D eigenvalue weighted by Crippen LogP contribution is 2.31. The number of benzene rings is 2. The van der Waals surface area contributed by atoms with Crippen molar-refractivity contribution in [1.82, 2.24) is 13.1 Å². The third-order valence-electron chi connectivity index (χ3n) is 4.47. The van der Waals surface area contributed by atoms with E-state index in [1.165, 1.54) is 10.4 Å². The van der Waals surface area contributed by atoms with E-state index in [-0.39, 0.29) is 11.4 Å². The molecule has 0 saturated carbocycles. The van der Waals surface area contributed by atoms with E-state index < -0.39 is 22.0 Å². The van der Waals surface area contributed by atoms with Crippen molar-refractivity contribution < 1.29 is 13.2 Å². The number of para-hydroxylation sites is 1. The predicted molar refractivity (Wildman–Crippen MR) is 104 cm³/mol. The van der Waals surface area contributed by atoms with Gasteiger partial charge in [0.15, 0.2) is 0 Å². The maximum Gasteiger partial charge on any atom is 0.246 e. The third kappa shape index (κ3) is 3.31. The second-order valence-electron chi connectivity index (χ2n) is 6.13. The Labute approximate surface area is 165 Å². The van der Waals surface area contributed by atoms with E-state index in [1.54, 1.807) is 36.4 Å². The van der Waals surface area contributed by atoms with Crippen molar-refractivity contribution in [3.8, 4) is 0 Å². The van der Waals surface area contributed by atoms with E-state index >= 15 is 0 Å². The molecule has 27 heavy (non-hydrogen) atoms. The summed E-state index contributed by atoms with van der Waals surface area (Å²) in [5.74, 6) is -0.396. The maximum absolute atomic E-state index is 13.2. The molecule has 0 bridgehead atoms. The van der Waals surface area contributed by atoms with Crippen molar-refractivity contribution in [2.75, 3.05) is 11.9 Å². The number of hydrogen-bond donors (Lipinski definition) is 1. The van der Waals surface area contributed by atoms with Gasteiger partial charge in [0, 0.05) is 6.54 Å². The Balaban J connectivity index is 1.65. The average Bonchev–Trinajstić information content (AvgIpc) is 3.32. The Bertz CT molecular complexity index is 1120. The predicted octanol–water partition coefficient (Wildman–Crippen LogP) is 3.14. The van der Waals surface area contributed by atoms with Crippen LogP contribution < -0.4 is 5.32 Å². The van der Waals surface area contributed by atoms with E-state index in [2.05, 4.69) is 14.1 Å². The second kappa shape index (κ2) is 7.16. The lowest BCUT2D eigenvalue weighted by Gasteiger charge is -2.23. The lowest BCUT2D eigenvalue weighted by molar-refractivity contribution is -0.119.